The van der Waals surface area contributed by atoms with E-state index in [4.69, 9.17) is 4.74 Å². The van der Waals surface area contributed by atoms with Gasteiger partial charge < -0.3 is 9.64 Å². The first-order valence-electron chi connectivity index (χ1n) is 8.44. The number of hydrogen-bond donors (Lipinski definition) is 0. The molecule has 132 valence electrons. The highest BCUT2D eigenvalue weighted by Crippen LogP contribution is 2.24. The zero-order chi connectivity index (χ0) is 18.1. The van der Waals surface area contributed by atoms with Gasteiger partial charge in [-0.1, -0.05) is 35.9 Å². The number of amides is 1. The maximum atomic E-state index is 13.7. The number of ether oxygens (including phenoxy) is 1. The van der Waals surface area contributed by atoms with E-state index in [1.165, 1.54) is 6.07 Å². The summed E-state index contributed by atoms with van der Waals surface area (Å²) in [6.07, 6.45) is 0. The van der Waals surface area contributed by atoms with E-state index in [1.807, 2.05) is 31.2 Å². The summed E-state index contributed by atoms with van der Waals surface area (Å²) in [4.78, 5) is 14.5. The number of halogens is 1. The Labute approximate surface area is 150 Å². The van der Waals surface area contributed by atoms with Gasteiger partial charge in [0, 0.05) is 23.9 Å². The lowest BCUT2D eigenvalue weighted by molar-refractivity contribution is 0.0962. The predicted octanol–water partition coefficient (Wildman–Crippen LogP) is 3.57. The summed E-state index contributed by atoms with van der Waals surface area (Å²) in [5.74, 6) is -0.117. The third kappa shape index (κ3) is 3.06. The first kappa shape index (κ1) is 16.3. The van der Waals surface area contributed by atoms with Gasteiger partial charge in [-0.25, -0.2) is 4.39 Å². The molecule has 0 unspecified atom stereocenters. The fourth-order valence-corrected chi connectivity index (χ4v) is 2.98. The van der Waals surface area contributed by atoms with Gasteiger partial charge in [0.25, 0.3) is 5.91 Å². The molecule has 0 saturated heterocycles. The normalized spacial score (nSPS) is 13.6. The maximum absolute atomic E-state index is 13.7. The van der Waals surface area contributed by atoms with Crippen LogP contribution in [-0.4, -0.2) is 22.2 Å². The molecule has 0 aliphatic carbocycles. The Bertz CT molecular complexity index is 950. The van der Waals surface area contributed by atoms with Gasteiger partial charge in [0.2, 0.25) is 5.88 Å². The smallest absolute Gasteiger partial charge is 0.276 e. The molecule has 5 nitrogen and oxygen atoms in total. The predicted molar refractivity (Wildman–Crippen MR) is 95.8 cm³/mol. The summed E-state index contributed by atoms with van der Waals surface area (Å²) in [5.41, 5.74) is 2.93. The number of nitrogens with zero attached hydrogens (tertiary/aromatic N) is 3. The van der Waals surface area contributed by atoms with Crippen LogP contribution >= 0.6 is 0 Å². The number of aromatic nitrogens is 2. The molecule has 0 radical (unpaired) electrons. The van der Waals surface area contributed by atoms with Gasteiger partial charge in [-0.05, 0) is 25.1 Å². The number of rotatable bonds is 4. The average Bonchev–Trinajstić information content (AvgIpc) is 3.06. The minimum Gasteiger partial charge on any atom is -0.472 e. The van der Waals surface area contributed by atoms with E-state index < -0.39 is 0 Å². The van der Waals surface area contributed by atoms with Crippen molar-refractivity contribution in [1.29, 1.82) is 0 Å². The molecule has 1 aromatic heterocycles. The first-order chi connectivity index (χ1) is 12.6. The Balaban J connectivity index is 1.52. The van der Waals surface area contributed by atoms with Crippen molar-refractivity contribution >= 4 is 11.6 Å². The van der Waals surface area contributed by atoms with Crippen molar-refractivity contribution in [2.75, 3.05) is 11.4 Å². The molecular formula is C20H18FN3O2. The molecular weight excluding hydrogens is 333 g/mol. The fraction of sp³-hybridized carbons (Fsp3) is 0.200. The van der Waals surface area contributed by atoms with Gasteiger partial charge >= 0.3 is 0 Å². The van der Waals surface area contributed by atoms with Crippen molar-refractivity contribution in [1.82, 2.24) is 9.78 Å². The second-order valence-corrected chi connectivity index (χ2v) is 6.26. The second-order valence-electron chi connectivity index (χ2n) is 6.26. The molecule has 1 aliphatic rings. The number of anilines is 1. The molecule has 0 saturated carbocycles. The van der Waals surface area contributed by atoms with Gasteiger partial charge in [-0.2, -0.15) is 0 Å². The van der Waals surface area contributed by atoms with E-state index in [0.29, 0.717) is 30.2 Å². The minimum absolute atomic E-state index is 0.0684. The highest BCUT2D eigenvalue weighted by Gasteiger charge is 2.28. The van der Waals surface area contributed by atoms with Crippen LogP contribution in [0.1, 0.15) is 21.6 Å². The van der Waals surface area contributed by atoms with Crippen LogP contribution in [-0.2, 0) is 13.2 Å². The molecule has 2 aromatic carbocycles. The average molecular weight is 351 g/mol. The van der Waals surface area contributed by atoms with Crippen LogP contribution in [0.5, 0.6) is 5.88 Å². The summed E-state index contributed by atoms with van der Waals surface area (Å²) < 4.78 is 20.9. The number of aryl methyl sites for hydroxylation is 1. The Morgan fingerprint density at radius 1 is 1.12 bits per heavy atom. The zero-order valence-electron chi connectivity index (χ0n) is 14.4. The van der Waals surface area contributed by atoms with E-state index in [1.54, 1.807) is 33.8 Å². The third-order valence-corrected chi connectivity index (χ3v) is 4.44. The van der Waals surface area contributed by atoms with E-state index in [2.05, 4.69) is 5.10 Å². The summed E-state index contributed by atoms with van der Waals surface area (Å²) in [5, 5.41) is 4.31. The summed E-state index contributed by atoms with van der Waals surface area (Å²) in [6, 6.07) is 15.9. The molecule has 2 heterocycles. The summed E-state index contributed by atoms with van der Waals surface area (Å²) in [6.45, 7) is 3.20. The number of carbonyl (C=O) groups excluding carboxylic acids is 1. The lowest BCUT2D eigenvalue weighted by Crippen LogP contribution is -2.40. The van der Waals surface area contributed by atoms with Crippen molar-refractivity contribution in [3.63, 3.8) is 0 Å². The number of carbonyl (C=O) groups is 1. The summed E-state index contributed by atoms with van der Waals surface area (Å²) >= 11 is 0. The molecule has 26 heavy (non-hydrogen) atoms. The quantitative estimate of drug-likeness (QED) is 0.722. The monoisotopic (exact) mass is 351 g/mol. The SMILES string of the molecule is Cc1ccc(N2CCn3nc(OCc4ccccc4F)cc3C2=O)cc1. The lowest BCUT2D eigenvalue weighted by atomic mass is 10.2. The first-order valence-corrected chi connectivity index (χ1v) is 8.44. The number of hydrogen-bond acceptors (Lipinski definition) is 3. The van der Waals surface area contributed by atoms with Gasteiger partial charge in [0.15, 0.2) is 0 Å². The highest BCUT2D eigenvalue weighted by atomic mass is 19.1. The Morgan fingerprint density at radius 2 is 1.88 bits per heavy atom. The molecule has 4 rings (SSSR count). The van der Waals surface area contributed by atoms with Gasteiger partial charge in [-0.15, -0.1) is 5.10 Å². The summed E-state index contributed by atoms with van der Waals surface area (Å²) in [7, 11) is 0. The molecule has 0 bridgehead atoms. The van der Waals surface area contributed by atoms with Crippen LogP contribution in [0.25, 0.3) is 0 Å². The molecule has 1 aliphatic heterocycles. The topological polar surface area (TPSA) is 47.4 Å². The van der Waals surface area contributed by atoms with E-state index in [-0.39, 0.29) is 18.3 Å². The van der Waals surface area contributed by atoms with E-state index in [9.17, 15) is 9.18 Å². The molecule has 3 aromatic rings. The van der Waals surface area contributed by atoms with Crippen LogP contribution in [0.2, 0.25) is 0 Å². The van der Waals surface area contributed by atoms with Gasteiger partial charge in [0.05, 0.1) is 6.54 Å². The molecule has 6 heteroatoms. The van der Waals surface area contributed by atoms with Crippen LogP contribution in [0, 0.1) is 12.7 Å². The Hall–Kier alpha value is -3.15. The van der Waals surface area contributed by atoms with Gasteiger partial charge in [-0.3, -0.25) is 9.48 Å². The van der Waals surface area contributed by atoms with Crippen LogP contribution in [0.15, 0.2) is 54.6 Å². The van der Waals surface area contributed by atoms with Crippen molar-refractivity contribution in [2.24, 2.45) is 0 Å². The van der Waals surface area contributed by atoms with Crippen molar-refractivity contribution in [3.8, 4) is 5.88 Å². The van der Waals surface area contributed by atoms with Gasteiger partial charge in [0.1, 0.15) is 18.1 Å². The van der Waals surface area contributed by atoms with Crippen LogP contribution in [0.3, 0.4) is 0 Å². The van der Waals surface area contributed by atoms with Crippen molar-refractivity contribution < 1.29 is 13.9 Å². The highest BCUT2D eigenvalue weighted by molar-refractivity contribution is 6.05. The van der Waals surface area contributed by atoms with E-state index >= 15 is 0 Å². The zero-order valence-corrected chi connectivity index (χ0v) is 14.4. The minimum atomic E-state index is -0.321. The van der Waals surface area contributed by atoms with Crippen LogP contribution in [0.4, 0.5) is 10.1 Å². The Kier molecular flexibility index (Phi) is 4.16. The number of benzene rings is 2. The molecule has 0 fully saturated rings. The molecule has 1 amide bonds. The van der Waals surface area contributed by atoms with E-state index in [0.717, 1.165) is 11.3 Å². The second kappa shape index (κ2) is 6.63. The number of fused-ring (bicyclic) bond motifs is 1. The standard InChI is InChI=1S/C20H18FN3O2/c1-14-6-8-16(9-7-14)23-10-11-24-18(20(23)25)12-19(22-24)26-13-15-4-2-3-5-17(15)21/h2-9,12H,10-11,13H2,1H3. The largest absolute Gasteiger partial charge is 0.472 e. The molecule has 0 spiro atoms. The van der Waals surface area contributed by atoms with Crippen molar-refractivity contribution in [3.05, 3.63) is 77.2 Å². The lowest BCUT2D eigenvalue weighted by Gasteiger charge is -2.27. The third-order valence-electron chi connectivity index (χ3n) is 4.44. The van der Waals surface area contributed by atoms with Crippen molar-refractivity contribution in [2.45, 2.75) is 20.1 Å². The fourth-order valence-electron chi connectivity index (χ4n) is 2.98. The molecule has 0 N–H and O–H groups in total. The Morgan fingerprint density at radius 3 is 2.65 bits per heavy atom. The maximum Gasteiger partial charge on any atom is 0.276 e. The molecule has 0 atom stereocenters. The van der Waals surface area contributed by atoms with Crippen LogP contribution < -0.4 is 9.64 Å².